The van der Waals surface area contributed by atoms with Crippen molar-refractivity contribution in [3.8, 4) is 0 Å². The van der Waals surface area contributed by atoms with Gasteiger partial charge in [-0.25, -0.2) is 10.4 Å². The number of ether oxygens (including phenoxy) is 1. The normalized spacial score (nSPS) is 29.9. The van der Waals surface area contributed by atoms with Gasteiger partial charge >= 0.3 is 0 Å². The molecule has 10 heteroatoms. The van der Waals surface area contributed by atoms with Crippen molar-refractivity contribution in [2.45, 2.75) is 25.0 Å². The summed E-state index contributed by atoms with van der Waals surface area (Å²) in [7, 11) is 1.97. The van der Waals surface area contributed by atoms with E-state index in [0.717, 1.165) is 25.1 Å². The van der Waals surface area contributed by atoms with Crippen LogP contribution in [-0.2, 0) is 19.1 Å². The maximum Gasteiger partial charge on any atom is 0.247 e. The SMILES string of the molecule is CN1CC(C(=O)N2CCN(CC(=O)NCC3CCCO3)CC2)C2NN(c3ccccc3)C(=O)C2C1. The molecule has 0 spiro atoms. The first kappa shape index (κ1) is 24.2. The molecular formula is C25H36N6O4. The van der Waals surface area contributed by atoms with E-state index in [-0.39, 0.29) is 41.7 Å². The van der Waals surface area contributed by atoms with E-state index < -0.39 is 0 Å². The van der Waals surface area contributed by atoms with Gasteiger partial charge in [0.25, 0.3) is 0 Å². The molecule has 0 radical (unpaired) electrons. The first-order chi connectivity index (χ1) is 17.0. The number of anilines is 1. The average Bonchev–Trinajstić information content (AvgIpc) is 3.51. The molecule has 5 rings (SSSR count). The molecule has 0 aliphatic carbocycles. The molecule has 1 aromatic rings. The predicted octanol–water partition coefficient (Wildman–Crippen LogP) is -0.476. The summed E-state index contributed by atoms with van der Waals surface area (Å²) < 4.78 is 5.56. The molecule has 4 aliphatic rings. The lowest BCUT2D eigenvalue weighted by molar-refractivity contribution is -0.141. The Morgan fingerprint density at radius 3 is 2.60 bits per heavy atom. The average molecular weight is 485 g/mol. The van der Waals surface area contributed by atoms with Gasteiger partial charge in [-0.2, -0.15) is 0 Å². The molecule has 4 heterocycles. The fraction of sp³-hybridized carbons (Fsp3) is 0.640. The Morgan fingerprint density at radius 1 is 1.11 bits per heavy atom. The van der Waals surface area contributed by atoms with Gasteiger partial charge in [-0.1, -0.05) is 18.2 Å². The Kier molecular flexibility index (Phi) is 7.33. The number of hydrogen-bond acceptors (Lipinski definition) is 7. The molecule has 4 atom stereocenters. The standard InChI is InChI=1S/C25H36N6O4/c1-28-15-20(23-21(16-28)25(34)31(27-23)18-6-3-2-4-7-18)24(33)30-11-9-29(10-12-30)17-22(32)26-14-19-8-5-13-35-19/h2-4,6-7,19-21,23,27H,5,8-17H2,1H3,(H,26,32). The molecule has 35 heavy (non-hydrogen) atoms. The number of amides is 3. The lowest BCUT2D eigenvalue weighted by Crippen LogP contribution is -2.59. The minimum absolute atomic E-state index is 0.00620. The van der Waals surface area contributed by atoms with Crippen LogP contribution in [0.2, 0.25) is 0 Å². The van der Waals surface area contributed by atoms with E-state index in [9.17, 15) is 14.4 Å². The number of hydrogen-bond donors (Lipinski definition) is 2. The number of likely N-dealkylation sites (tertiary alicyclic amines) is 1. The summed E-state index contributed by atoms with van der Waals surface area (Å²) in [4.78, 5) is 45.2. The van der Waals surface area contributed by atoms with Crippen LogP contribution >= 0.6 is 0 Å². The van der Waals surface area contributed by atoms with Crippen molar-refractivity contribution in [2.75, 3.05) is 71.0 Å². The molecule has 0 saturated carbocycles. The first-order valence-corrected chi connectivity index (χ1v) is 12.7. The van der Waals surface area contributed by atoms with Crippen molar-refractivity contribution in [3.63, 3.8) is 0 Å². The summed E-state index contributed by atoms with van der Waals surface area (Å²) in [5.74, 6) is -0.435. The number of rotatable bonds is 6. The Balaban J connectivity index is 1.15. The van der Waals surface area contributed by atoms with Gasteiger partial charge in [0.1, 0.15) is 0 Å². The largest absolute Gasteiger partial charge is 0.376 e. The van der Waals surface area contributed by atoms with Gasteiger partial charge in [0, 0.05) is 52.4 Å². The van der Waals surface area contributed by atoms with E-state index in [2.05, 4.69) is 20.5 Å². The monoisotopic (exact) mass is 484 g/mol. The molecule has 4 unspecified atom stereocenters. The lowest BCUT2D eigenvalue weighted by atomic mass is 9.84. The predicted molar refractivity (Wildman–Crippen MR) is 130 cm³/mol. The fourth-order valence-corrected chi connectivity index (χ4v) is 5.71. The highest BCUT2D eigenvalue weighted by Crippen LogP contribution is 2.32. The first-order valence-electron chi connectivity index (χ1n) is 12.7. The smallest absolute Gasteiger partial charge is 0.247 e. The van der Waals surface area contributed by atoms with Gasteiger partial charge in [-0.05, 0) is 32.0 Å². The summed E-state index contributed by atoms with van der Waals surface area (Å²) in [6, 6.07) is 9.32. The van der Waals surface area contributed by atoms with Gasteiger partial charge in [0.2, 0.25) is 17.7 Å². The number of benzene rings is 1. The van der Waals surface area contributed by atoms with Crippen molar-refractivity contribution in [1.82, 2.24) is 25.4 Å². The highest BCUT2D eigenvalue weighted by molar-refractivity contribution is 5.98. The van der Waals surface area contributed by atoms with Crippen molar-refractivity contribution in [2.24, 2.45) is 11.8 Å². The molecule has 4 aliphatic heterocycles. The van der Waals surface area contributed by atoms with E-state index in [1.165, 1.54) is 0 Å². The second-order valence-electron chi connectivity index (χ2n) is 10.1. The van der Waals surface area contributed by atoms with Crippen LogP contribution in [0.1, 0.15) is 12.8 Å². The van der Waals surface area contributed by atoms with Crippen molar-refractivity contribution >= 4 is 23.4 Å². The van der Waals surface area contributed by atoms with E-state index >= 15 is 0 Å². The number of nitrogens with zero attached hydrogens (tertiary/aromatic N) is 4. The number of carbonyl (C=O) groups excluding carboxylic acids is 3. The van der Waals surface area contributed by atoms with Crippen LogP contribution < -0.4 is 15.8 Å². The van der Waals surface area contributed by atoms with Crippen LogP contribution in [0, 0.1) is 11.8 Å². The summed E-state index contributed by atoms with van der Waals surface area (Å²) >= 11 is 0. The van der Waals surface area contributed by atoms with Gasteiger partial charge in [-0.3, -0.25) is 19.3 Å². The van der Waals surface area contributed by atoms with E-state index in [4.69, 9.17) is 4.74 Å². The van der Waals surface area contributed by atoms with Crippen LogP contribution in [-0.4, -0.2) is 111 Å². The van der Waals surface area contributed by atoms with Crippen LogP contribution in [0.15, 0.2) is 30.3 Å². The van der Waals surface area contributed by atoms with Crippen molar-refractivity contribution in [1.29, 1.82) is 0 Å². The number of carbonyl (C=O) groups is 3. The Hall–Kier alpha value is -2.53. The fourth-order valence-electron chi connectivity index (χ4n) is 5.71. The second kappa shape index (κ2) is 10.6. The molecule has 0 aromatic heterocycles. The third-order valence-electron chi connectivity index (χ3n) is 7.63. The molecule has 4 fully saturated rings. The minimum Gasteiger partial charge on any atom is -0.376 e. The van der Waals surface area contributed by atoms with Crippen LogP contribution in [0.25, 0.3) is 0 Å². The summed E-state index contributed by atoms with van der Waals surface area (Å²) in [6.07, 6.45) is 2.20. The summed E-state index contributed by atoms with van der Waals surface area (Å²) in [6.45, 7) is 5.46. The highest BCUT2D eigenvalue weighted by atomic mass is 16.5. The molecule has 10 nitrogen and oxygen atoms in total. The third kappa shape index (κ3) is 5.35. The van der Waals surface area contributed by atoms with Crippen molar-refractivity contribution < 1.29 is 19.1 Å². The van der Waals surface area contributed by atoms with Gasteiger partial charge in [0.05, 0.1) is 36.2 Å². The molecule has 3 amide bonds. The zero-order valence-electron chi connectivity index (χ0n) is 20.4. The van der Waals surface area contributed by atoms with Gasteiger partial charge in [0.15, 0.2) is 0 Å². The maximum atomic E-state index is 13.6. The minimum atomic E-state index is -0.294. The molecular weight excluding hydrogens is 448 g/mol. The Bertz CT molecular complexity index is 916. The topological polar surface area (TPSA) is 97.5 Å². The summed E-state index contributed by atoms with van der Waals surface area (Å²) in [5, 5.41) is 4.59. The molecule has 190 valence electrons. The number of hydrazine groups is 1. The molecule has 0 bridgehead atoms. The number of nitrogens with one attached hydrogen (secondary N) is 2. The zero-order valence-corrected chi connectivity index (χ0v) is 20.4. The molecule has 4 saturated heterocycles. The van der Waals surface area contributed by atoms with Gasteiger partial charge < -0.3 is 19.9 Å². The van der Waals surface area contributed by atoms with E-state index in [0.29, 0.717) is 52.4 Å². The Labute approximate surface area is 206 Å². The second-order valence-corrected chi connectivity index (χ2v) is 10.1. The molecule has 2 N–H and O–H groups in total. The van der Waals surface area contributed by atoms with E-state index in [1.807, 2.05) is 42.3 Å². The van der Waals surface area contributed by atoms with Crippen LogP contribution in [0.4, 0.5) is 5.69 Å². The van der Waals surface area contributed by atoms with Crippen LogP contribution in [0.5, 0.6) is 0 Å². The molecule has 1 aromatic carbocycles. The number of piperazine rings is 1. The number of piperidine rings is 1. The van der Waals surface area contributed by atoms with Gasteiger partial charge in [-0.15, -0.1) is 0 Å². The number of para-hydroxylation sites is 1. The highest BCUT2D eigenvalue weighted by Gasteiger charge is 2.51. The van der Waals surface area contributed by atoms with Crippen molar-refractivity contribution in [3.05, 3.63) is 30.3 Å². The quantitative estimate of drug-likeness (QED) is 0.563. The van der Waals surface area contributed by atoms with Crippen LogP contribution in [0.3, 0.4) is 0 Å². The van der Waals surface area contributed by atoms with E-state index in [1.54, 1.807) is 5.01 Å². The Morgan fingerprint density at radius 2 is 1.89 bits per heavy atom. The zero-order chi connectivity index (χ0) is 24.4. The third-order valence-corrected chi connectivity index (χ3v) is 7.63. The lowest BCUT2D eigenvalue weighted by Gasteiger charge is -2.41. The number of fused-ring (bicyclic) bond motifs is 1. The summed E-state index contributed by atoms with van der Waals surface area (Å²) in [5.41, 5.74) is 4.16. The maximum absolute atomic E-state index is 13.6.